The predicted molar refractivity (Wildman–Crippen MR) is 244 cm³/mol. The van der Waals surface area contributed by atoms with Crippen LogP contribution in [-0.4, -0.2) is 74.8 Å². The molecule has 314 valence electrons. The highest BCUT2D eigenvalue weighted by atomic mass is 16.5. The van der Waals surface area contributed by atoms with Gasteiger partial charge in [-0.05, 0) is 127 Å². The molecule has 58 heavy (non-hydrogen) atoms. The monoisotopic (exact) mass is 795 g/mol. The van der Waals surface area contributed by atoms with Gasteiger partial charge in [-0.1, -0.05) is 31.2 Å². The van der Waals surface area contributed by atoms with Crippen LogP contribution in [0, 0.1) is 12.8 Å². The third-order valence-corrected chi connectivity index (χ3v) is 9.48. The molecule has 3 rings (SSSR count). The van der Waals surface area contributed by atoms with Gasteiger partial charge in [0.25, 0.3) is 5.91 Å². The molecule has 1 aliphatic rings. The van der Waals surface area contributed by atoms with E-state index in [4.69, 9.17) is 21.2 Å². The number of nitrogens with zero attached hydrogens (tertiary/aromatic N) is 4. The number of ether oxygens (including phenoxy) is 1. The van der Waals surface area contributed by atoms with Gasteiger partial charge in [-0.15, -0.1) is 6.58 Å². The van der Waals surface area contributed by atoms with E-state index in [0.717, 1.165) is 74.3 Å². The molecule has 2 amide bonds. The maximum Gasteiger partial charge on any atom is 0.251 e. The zero-order valence-electron chi connectivity index (χ0n) is 35.4. The summed E-state index contributed by atoms with van der Waals surface area (Å²) in [6, 6.07) is 7.18. The number of nitrogens with one attached hydrogen (secondary N) is 4. The van der Waals surface area contributed by atoms with Crippen molar-refractivity contribution in [3.05, 3.63) is 90.1 Å². The van der Waals surface area contributed by atoms with Gasteiger partial charge in [-0.3, -0.25) is 14.6 Å². The molecule has 8 N–H and O–H groups in total. The zero-order chi connectivity index (χ0) is 42.3. The first-order valence-corrected chi connectivity index (χ1v) is 20.4. The van der Waals surface area contributed by atoms with Crippen molar-refractivity contribution in [2.24, 2.45) is 26.8 Å². The molecule has 2 aromatic carbocycles. The van der Waals surface area contributed by atoms with Gasteiger partial charge in [0.1, 0.15) is 11.4 Å². The fourth-order valence-electron chi connectivity index (χ4n) is 6.38. The minimum atomic E-state index is -0.585. The lowest BCUT2D eigenvalue weighted by Crippen LogP contribution is -2.37. The Labute approximate surface area is 345 Å². The fourth-order valence-corrected chi connectivity index (χ4v) is 6.38. The molecule has 0 heterocycles. The molecule has 13 nitrogen and oxygen atoms in total. The SMILES string of the molecule is C=CCCCOc1cc(C(N)=O)cc(N)c1N(C/C=C/CNc1c(C)cc(C(=O)NC2CCC(C)CC2)cc1N=C/C=C/C(C)=N\NCC)C/C=C/C(C)=N\NCC. The molecule has 2 aromatic rings. The van der Waals surface area contributed by atoms with Gasteiger partial charge in [-0.25, -0.2) is 0 Å². The van der Waals surface area contributed by atoms with E-state index >= 15 is 0 Å². The van der Waals surface area contributed by atoms with Gasteiger partial charge in [0, 0.05) is 56.1 Å². The van der Waals surface area contributed by atoms with Crippen LogP contribution in [0.3, 0.4) is 0 Å². The van der Waals surface area contributed by atoms with Crippen molar-refractivity contribution in [3.63, 3.8) is 0 Å². The summed E-state index contributed by atoms with van der Waals surface area (Å²) in [6.45, 7) is 19.2. The Morgan fingerprint density at radius 1 is 0.948 bits per heavy atom. The van der Waals surface area contributed by atoms with Crippen molar-refractivity contribution in [2.75, 3.05) is 55.3 Å². The van der Waals surface area contributed by atoms with Crippen molar-refractivity contribution in [1.82, 2.24) is 16.2 Å². The Hall–Kier alpha value is -5.85. The number of rotatable bonds is 24. The number of hydrogen-bond donors (Lipinski definition) is 6. The van der Waals surface area contributed by atoms with Crippen LogP contribution in [0.4, 0.5) is 22.7 Å². The number of amides is 2. The van der Waals surface area contributed by atoms with E-state index in [0.29, 0.717) is 60.5 Å². The van der Waals surface area contributed by atoms with Crippen LogP contribution in [0.5, 0.6) is 5.75 Å². The maximum absolute atomic E-state index is 13.5. The second-order valence-corrected chi connectivity index (χ2v) is 14.5. The molecule has 13 heteroatoms. The molecule has 1 fully saturated rings. The van der Waals surface area contributed by atoms with Crippen LogP contribution in [0.25, 0.3) is 0 Å². The Morgan fingerprint density at radius 2 is 1.64 bits per heavy atom. The highest BCUT2D eigenvalue weighted by molar-refractivity contribution is 5.99. The van der Waals surface area contributed by atoms with Crippen LogP contribution in [0.15, 0.2) is 88.6 Å². The number of hydrazone groups is 2. The average molecular weight is 795 g/mol. The number of anilines is 3. The number of hydrogen-bond acceptors (Lipinski definition) is 11. The molecule has 0 aliphatic heterocycles. The number of nitrogens with two attached hydrogens (primary N) is 2. The van der Waals surface area contributed by atoms with Crippen LogP contribution < -0.4 is 42.6 Å². The molecule has 0 bridgehead atoms. The lowest BCUT2D eigenvalue weighted by molar-refractivity contribution is 0.0922. The largest absolute Gasteiger partial charge is 0.491 e. The molecule has 1 aliphatic carbocycles. The van der Waals surface area contributed by atoms with Gasteiger partial charge in [0.2, 0.25) is 5.91 Å². The summed E-state index contributed by atoms with van der Waals surface area (Å²) < 4.78 is 6.20. The van der Waals surface area contributed by atoms with E-state index in [1.54, 1.807) is 18.3 Å². The lowest BCUT2D eigenvalue weighted by atomic mass is 9.87. The first-order chi connectivity index (χ1) is 28.0. The summed E-state index contributed by atoms with van der Waals surface area (Å²) in [5.41, 5.74) is 24.1. The van der Waals surface area contributed by atoms with E-state index in [2.05, 4.69) is 50.1 Å². The third kappa shape index (κ3) is 16.0. The number of primary amides is 1. The third-order valence-electron chi connectivity index (χ3n) is 9.48. The number of allylic oxidation sites excluding steroid dienone is 4. The van der Waals surface area contributed by atoms with E-state index in [1.807, 2.05) is 89.3 Å². The lowest BCUT2D eigenvalue weighted by Gasteiger charge is -2.27. The minimum Gasteiger partial charge on any atom is -0.491 e. The number of unbranched alkanes of at least 4 members (excludes halogenated alkanes) is 1. The highest BCUT2D eigenvalue weighted by Gasteiger charge is 2.22. The standard InChI is InChI=1S/C45H66N10O3/c1-8-11-14-27-58-41-31-36(44(47)56)29-39(46)43(41)55(26-16-18-35(7)54-51-10-3)25-13-12-23-49-42-33(5)28-37(45(57)52-38-21-19-32(4)20-22-38)30-40(42)48-24-15-17-34(6)53-50-9-2/h8,12-13,15-18,24,28-32,38,49-51H,1,9-11,14,19-23,25-27,46H2,2-7H3,(H2,47,56)(H,52,57)/b13-12+,17-15+,18-16+,48-24?,53-34-,54-35-. The number of aliphatic imine (C=N–C) groups is 1. The van der Waals surface area contributed by atoms with E-state index in [9.17, 15) is 9.59 Å². The highest BCUT2D eigenvalue weighted by Crippen LogP contribution is 2.37. The van der Waals surface area contributed by atoms with Gasteiger partial charge in [0.15, 0.2) is 0 Å². The van der Waals surface area contributed by atoms with Gasteiger partial charge < -0.3 is 42.6 Å². The normalized spacial score (nSPS) is 16.3. The van der Waals surface area contributed by atoms with Gasteiger partial charge in [-0.2, -0.15) is 10.2 Å². The summed E-state index contributed by atoms with van der Waals surface area (Å²) >= 11 is 0. The van der Waals surface area contributed by atoms with Crippen molar-refractivity contribution in [1.29, 1.82) is 0 Å². The van der Waals surface area contributed by atoms with Crippen molar-refractivity contribution in [3.8, 4) is 5.75 Å². The molecule has 0 unspecified atom stereocenters. The number of nitrogen functional groups attached to an aromatic ring is 1. The quantitative estimate of drug-likeness (QED) is 0.0207. The molecule has 0 spiro atoms. The Balaban J connectivity index is 1.89. The fraction of sp³-hybridized carbons (Fsp3) is 0.444. The number of aryl methyl sites for hydroxylation is 1. The average Bonchev–Trinajstić information content (AvgIpc) is 3.20. The Morgan fingerprint density at radius 3 is 2.31 bits per heavy atom. The molecule has 0 aromatic heterocycles. The van der Waals surface area contributed by atoms with E-state index in [1.165, 1.54) is 0 Å². The number of benzene rings is 2. The Kier molecular flexibility index (Phi) is 20.4. The van der Waals surface area contributed by atoms with Crippen molar-refractivity contribution < 1.29 is 14.3 Å². The molecule has 0 atom stereocenters. The number of carbonyl (C=O) groups excluding carboxylic acids is 2. The van der Waals surface area contributed by atoms with Crippen LogP contribution >= 0.6 is 0 Å². The van der Waals surface area contributed by atoms with Crippen molar-refractivity contribution in [2.45, 2.75) is 86.1 Å². The maximum atomic E-state index is 13.5. The summed E-state index contributed by atoms with van der Waals surface area (Å²) in [4.78, 5) is 32.5. The van der Waals surface area contributed by atoms with Gasteiger partial charge >= 0.3 is 0 Å². The molecule has 0 radical (unpaired) electrons. The summed E-state index contributed by atoms with van der Waals surface area (Å²) in [7, 11) is 0. The molecule has 1 saturated carbocycles. The smallest absolute Gasteiger partial charge is 0.251 e. The van der Waals surface area contributed by atoms with Crippen LogP contribution in [-0.2, 0) is 0 Å². The molecule has 0 saturated heterocycles. The molecular weight excluding hydrogens is 729 g/mol. The Bertz CT molecular complexity index is 1840. The molecular formula is C45H66N10O3. The summed E-state index contributed by atoms with van der Waals surface area (Å²) in [5.74, 6) is 0.509. The topological polar surface area (TPSA) is 184 Å². The first kappa shape index (κ1) is 46.5. The zero-order valence-corrected chi connectivity index (χ0v) is 35.4. The van der Waals surface area contributed by atoms with Crippen LogP contribution in [0.1, 0.15) is 99.4 Å². The van der Waals surface area contributed by atoms with Gasteiger partial charge in [0.05, 0.1) is 35.1 Å². The summed E-state index contributed by atoms with van der Waals surface area (Å²) in [6.07, 6.45) is 21.1. The summed E-state index contributed by atoms with van der Waals surface area (Å²) in [5, 5.41) is 15.4. The minimum absolute atomic E-state index is 0.0841. The van der Waals surface area contributed by atoms with E-state index in [-0.39, 0.29) is 17.5 Å². The number of carbonyl (C=O) groups is 2. The van der Waals surface area contributed by atoms with Crippen molar-refractivity contribution >= 4 is 52.2 Å². The second-order valence-electron chi connectivity index (χ2n) is 14.5. The van der Waals surface area contributed by atoms with Crippen LogP contribution in [0.2, 0.25) is 0 Å². The second kappa shape index (κ2) is 25.4. The van der Waals surface area contributed by atoms with E-state index < -0.39 is 5.91 Å². The predicted octanol–water partition coefficient (Wildman–Crippen LogP) is 7.59. The first-order valence-electron chi connectivity index (χ1n) is 20.4.